The molecule has 0 bridgehead atoms. The van der Waals surface area contributed by atoms with Crippen LogP contribution in [0.2, 0.25) is 5.02 Å². The number of halogens is 1. The summed E-state index contributed by atoms with van der Waals surface area (Å²) in [6, 6.07) is 9.21. The van der Waals surface area contributed by atoms with E-state index in [4.69, 9.17) is 11.6 Å². The Hall–Kier alpha value is -1.78. The van der Waals surface area contributed by atoms with Gasteiger partial charge >= 0.3 is 0 Å². The fraction of sp³-hybridized carbons (Fsp3) is 0.581. The maximum absolute atomic E-state index is 14.1. The predicted octanol–water partition coefficient (Wildman–Crippen LogP) is 8.26. The third-order valence-electron chi connectivity index (χ3n) is 9.05. The van der Waals surface area contributed by atoms with Crippen LogP contribution in [0.1, 0.15) is 82.8 Å². The molecule has 1 aromatic carbocycles. The van der Waals surface area contributed by atoms with Gasteiger partial charge in [0.2, 0.25) is 5.91 Å². The largest absolute Gasteiger partial charge is 0.360 e. The van der Waals surface area contributed by atoms with E-state index >= 15 is 0 Å². The number of benzene rings is 1. The Labute approximate surface area is 226 Å². The van der Waals surface area contributed by atoms with Crippen molar-refractivity contribution in [2.75, 3.05) is 4.90 Å². The van der Waals surface area contributed by atoms with Gasteiger partial charge in [-0.25, -0.2) is 0 Å². The van der Waals surface area contributed by atoms with Crippen molar-refractivity contribution in [2.24, 2.45) is 17.8 Å². The first kappa shape index (κ1) is 25.9. The number of anilines is 1. The van der Waals surface area contributed by atoms with Crippen LogP contribution in [0.15, 0.2) is 40.6 Å². The Morgan fingerprint density at radius 1 is 1.19 bits per heavy atom. The minimum atomic E-state index is -0.0189. The molecule has 3 aliphatic rings. The van der Waals surface area contributed by atoms with E-state index in [2.05, 4.69) is 72.1 Å². The molecule has 5 atom stereocenters. The molecule has 2 heterocycles. The zero-order valence-electron chi connectivity index (χ0n) is 22.0. The van der Waals surface area contributed by atoms with Crippen LogP contribution in [-0.2, 0) is 4.79 Å². The van der Waals surface area contributed by atoms with Crippen molar-refractivity contribution in [3.8, 4) is 0 Å². The number of carbonyl (C=O) groups is 1. The van der Waals surface area contributed by atoms with Crippen LogP contribution in [0.3, 0.4) is 0 Å². The summed E-state index contributed by atoms with van der Waals surface area (Å²) in [7, 11) is 0. The number of amides is 1. The highest BCUT2D eigenvalue weighted by atomic mass is 35.5. The lowest BCUT2D eigenvalue weighted by atomic mass is 9.74. The standard InChI is InChI=1S/C31H41ClN2OS/c1-4-27-29(31(35)33-21(3)23-9-6-5-7-10-23)25-12-8-11-24(18-22-15-16-36-19-22)30(25)34(27)28-14-13-20(2)17-26(28)32/h13-19,21,23,25,27,29-30H,4-12H2,1-3H3,(H,33,35)/b24-18+/t21-,25?,27?,29?,30?/m0/s1. The molecule has 2 aliphatic carbocycles. The molecule has 5 heteroatoms. The second kappa shape index (κ2) is 11.3. The molecule has 1 aliphatic heterocycles. The van der Waals surface area contributed by atoms with Crippen molar-refractivity contribution in [2.45, 2.75) is 96.7 Å². The topological polar surface area (TPSA) is 32.3 Å². The molecule has 194 valence electrons. The first-order valence-electron chi connectivity index (χ1n) is 14.1. The summed E-state index contributed by atoms with van der Waals surface area (Å²) in [5, 5.41) is 8.70. The molecule has 1 saturated heterocycles. The van der Waals surface area contributed by atoms with E-state index in [1.807, 2.05) is 0 Å². The number of nitrogens with zero attached hydrogens (tertiary/aromatic N) is 1. The number of thiophene rings is 1. The number of carbonyl (C=O) groups excluding carboxylic acids is 1. The van der Waals surface area contributed by atoms with Gasteiger partial charge < -0.3 is 10.2 Å². The van der Waals surface area contributed by atoms with Gasteiger partial charge in [-0.2, -0.15) is 11.3 Å². The molecule has 3 nitrogen and oxygen atoms in total. The Morgan fingerprint density at radius 3 is 2.69 bits per heavy atom. The average molecular weight is 525 g/mol. The van der Waals surface area contributed by atoms with Gasteiger partial charge in [-0.05, 0) is 110 Å². The van der Waals surface area contributed by atoms with Crippen LogP contribution in [0.4, 0.5) is 5.69 Å². The number of hydrogen-bond donors (Lipinski definition) is 1. The minimum absolute atomic E-state index is 0.0189. The Kier molecular flexibility index (Phi) is 8.12. The van der Waals surface area contributed by atoms with Gasteiger partial charge in [0.15, 0.2) is 0 Å². The highest BCUT2D eigenvalue weighted by Crippen LogP contribution is 2.50. The van der Waals surface area contributed by atoms with Crippen LogP contribution < -0.4 is 10.2 Å². The zero-order valence-corrected chi connectivity index (χ0v) is 23.6. The first-order valence-corrected chi connectivity index (χ1v) is 15.4. The molecule has 5 rings (SSSR count). The van der Waals surface area contributed by atoms with Crippen molar-refractivity contribution in [3.05, 3.63) is 56.7 Å². The van der Waals surface area contributed by atoms with Crippen LogP contribution in [0.5, 0.6) is 0 Å². The molecule has 2 saturated carbocycles. The van der Waals surface area contributed by atoms with E-state index in [-0.39, 0.29) is 30.0 Å². The van der Waals surface area contributed by atoms with Crippen molar-refractivity contribution in [1.29, 1.82) is 0 Å². The SMILES string of the molecule is CCC1C(C(=O)N[C@@H](C)C2CCCCC2)C2CCC/C(=C\c3ccsc3)C2N1c1ccc(C)cc1Cl. The summed E-state index contributed by atoms with van der Waals surface area (Å²) < 4.78 is 0. The molecule has 0 radical (unpaired) electrons. The van der Waals surface area contributed by atoms with E-state index in [1.54, 1.807) is 11.3 Å². The van der Waals surface area contributed by atoms with Crippen molar-refractivity contribution in [1.82, 2.24) is 5.32 Å². The van der Waals surface area contributed by atoms with Crippen molar-refractivity contribution in [3.63, 3.8) is 0 Å². The van der Waals surface area contributed by atoms with Gasteiger partial charge in [-0.15, -0.1) is 0 Å². The maximum Gasteiger partial charge on any atom is 0.225 e. The molecule has 1 N–H and O–H groups in total. The molecule has 1 amide bonds. The first-order chi connectivity index (χ1) is 17.5. The summed E-state index contributed by atoms with van der Waals surface area (Å²) in [6.07, 6.45) is 13.1. The third-order valence-corrected chi connectivity index (χ3v) is 10.0. The van der Waals surface area contributed by atoms with Crippen LogP contribution in [0, 0.1) is 24.7 Å². The summed E-state index contributed by atoms with van der Waals surface area (Å²) in [4.78, 5) is 16.6. The van der Waals surface area contributed by atoms with E-state index in [9.17, 15) is 4.79 Å². The number of rotatable bonds is 6. The van der Waals surface area contributed by atoms with Gasteiger partial charge in [0.25, 0.3) is 0 Å². The number of aryl methyl sites for hydroxylation is 1. The lowest BCUT2D eigenvalue weighted by Crippen LogP contribution is -2.46. The summed E-state index contributed by atoms with van der Waals surface area (Å²) in [5.74, 6) is 1.17. The lowest BCUT2D eigenvalue weighted by Gasteiger charge is -2.38. The average Bonchev–Trinajstić information content (AvgIpc) is 3.50. The second-order valence-electron chi connectivity index (χ2n) is 11.3. The lowest BCUT2D eigenvalue weighted by molar-refractivity contribution is -0.127. The van der Waals surface area contributed by atoms with Gasteiger partial charge in [-0.1, -0.05) is 49.9 Å². The van der Waals surface area contributed by atoms with Gasteiger partial charge in [0.05, 0.1) is 22.7 Å². The number of nitrogens with one attached hydrogen (secondary N) is 1. The number of hydrogen-bond acceptors (Lipinski definition) is 3. The third kappa shape index (κ3) is 5.13. The zero-order chi connectivity index (χ0) is 25.2. The molecule has 0 spiro atoms. The highest BCUT2D eigenvalue weighted by Gasteiger charge is 2.53. The summed E-state index contributed by atoms with van der Waals surface area (Å²) in [6.45, 7) is 6.56. The molecule has 36 heavy (non-hydrogen) atoms. The molecule has 4 unspecified atom stereocenters. The monoisotopic (exact) mass is 524 g/mol. The Balaban J connectivity index is 1.51. The van der Waals surface area contributed by atoms with E-state index in [1.165, 1.54) is 48.8 Å². The van der Waals surface area contributed by atoms with Crippen molar-refractivity contribution >= 4 is 40.6 Å². The van der Waals surface area contributed by atoms with Gasteiger partial charge in [0.1, 0.15) is 0 Å². The predicted molar refractivity (Wildman–Crippen MR) is 154 cm³/mol. The van der Waals surface area contributed by atoms with Crippen LogP contribution in [0.25, 0.3) is 6.08 Å². The quantitative estimate of drug-likeness (QED) is 0.412. The van der Waals surface area contributed by atoms with E-state index in [0.717, 1.165) is 36.4 Å². The normalized spacial score (nSPS) is 28.8. The Bertz CT molecular complexity index is 1070. The Morgan fingerprint density at radius 2 is 2.00 bits per heavy atom. The molecular formula is C31H41ClN2OS. The summed E-state index contributed by atoms with van der Waals surface area (Å²) >= 11 is 8.65. The fourth-order valence-electron chi connectivity index (χ4n) is 7.32. The van der Waals surface area contributed by atoms with Crippen LogP contribution in [-0.4, -0.2) is 24.0 Å². The summed E-state index contributed by atoms with van der Waals surface area (Å²) in [5.41, 5.74) is 4.98. The molecule has 3 fully saturated rings. The van der Waals surface area contributed by atoms with Crippen LogP contribution >= 0.6 is 22.9 Å². The van der Waals surface area contributed by atoms with E-state index in [0.29, 0.717) is 11.8 Å². The minimum Gasteiger partial charge on any atom is -0.360 e. The van der Waals surface area contributed by atoms with Gasteiger partial charge in [-0.3, -0.25) is 4.79 Å². The maximum atomic E-state index is 14.1. The smallest absolute Gasteiger partial charge is 0.225 e. The van der Waals surface area contributed by atoms with E-state index < -0.39 is 0 Å². The second-order valence-corrected chi connectivity index (χ2v) is 12.5. The highest BCUT2D eigenvalue weighted by molar-refractivity contribution is 7.08. The van der Waals surface area contributed by atoms with Gasteiger partial charge in [0, 0.05) is 12.1 Å². The van der Waals surface area contributed by atoms with Crippen molar-refractivity contribution < 1.29 is 4.79 Å². The number of fused-ring (bicyclic) bond motifs is 1. The molecular weight excluding hydrogens is 484 g/mol. The molecule has 1 aromatic heterocycles. The fourth-order valence-corrected chi connectivity index (χ4v) is 8.27. The molecule has 2 aromatic rings.